The Balaban J connectivity index is 1.91. The molecule has 52 valence electrons. The lowest BCUT2D eigenvalue weighted by atomic mass is 10.4. The fraction of sp³-hybridized carbons (Fsp3) is 1.00. The highest BCUT2D eigenvalue weighted by molar-refractivity contribution is 5.05. The first kappa shape index (κ1) is 5.69. The molecule has 3 atom stereocenters. The molecule has 1 heterocycles. The number of nitrogens with zero attached hydrogens (tertiary/aromatic N) is 1. The highest BCUT2D eigenvalue weighted by atomic mass is 16.5. The average Bonchev–Trinajstić information content (AvgIpc) is 2.30. The maximum Gasteiger partial charge on any atom is 0.0660 e. The number of fused-ring (bicyclic) bond motifs is 1. The standard InChI is InChI=1S/C7H13NO/c1-8-3-5-6(4-8)7(5)9-2/h5-7H,3-4H2,1-2H3/t5-,6+,7?. The SMILES string of the molecule is COC1[C@H]2CN(C)C[C@@H]12. The Morgan fingerprint density at radius 2 is 1.89 bits per heavy atom. The van der Waals surface area contributed by atoms with Gasteiger partial charge in [0.2, 0.25) is 0 Å². The lowest BCUT2D eigenvalue weighted by Crippen LogP contribution is -2.21. The van der Waals surface area contributed by atoms with Crippen LogP contribution in [0.5, 0.6) is 0 Å². The molecule has 2 heteroatoms. The van der Waals surface area contributed by atoms with Gasteiger partial charge >= 0.3 is 0 Å². The normalized spacial score (nSPS) is 49.3. The van der Waals surface area contributed by atoms with E-state index in [0.29, 0.717) is 6.10 Å². The molecular weight excluding hydrogens is 114 g/mol. The van der Waals surface area contributed by atoms with Crippen molar-refractivity contribution in [2.24, 2.45) is 11.8 Å². The number of hydrogen-bond donors (Lipinski definition) is 0. The molecule has 0 aromatic rings. The molecule has 0 N–H and O–H groups in total. The molecule has 0 aromatic heterocycles. The number of likely N-dealkylation sites (tertiary alicyclic amines) is 1. The van der Waals surface area contributed by atoms with Crippen LogP contribution in [0.3, 0.4) is 0 Å². The molecule has 2 fully saturated rings. The number of piperidine rings is 1. The molecule has 0 bridgehead atoms. The van der Waals surface area contributed by atoms with E-state index < -0.39 is 0 Å². The molecular formula is C7H13NO. The van der Waals surface area contributed by atoms with Crippen LogP contribution in [0, 0.1) is 11.8 Å². The third kappa shape index (κ3) is 0.700. The molecule has 1 saturated heterocycles. The van der Waals surface area contributed by atoms with Crippen molar-refractivity contribution in [1.82, 2.24) is 4.90 Å². The summed E-state index contributed by atoms with van der Waals surface area (Å²) in [6.07, 6.45) is 0.612. The zero-order valence-corrected chi connectivity index (χ0v) is 6.00. The highest BCUT2D eigenvalue weighted by Gasteiger charge is 2.55. The molecule has 0 radical (unpaired) electrons. The minimum absolute atomic E-state index is 0.612. The van der Waals surface area contributed by atoms with E-state index in [9.17, 15) is 0 Å². The van der Waals surface area contributed by atoms with Crippen molar-refractivity contribution in [1.29, 1.82) is 0 Å². The summed E-state index contributed by atoms with van der Waals surface area (Å²) in [5, 5.41) is 0. The van der Waals surface area contributed by atoms with Crippen LogP contribution in [0.4, 0.5) is 0 Å². The molecule has 2 aliphatic rings. The minimum Gasteiger partial charge on any atom is -0.381 e. The average molecular weight is 127 g/mol. The van der Waals surface area contributed by atoms with Gasteiger partial charge in [-0.25, -0.2) is 0 Å². The van der Waals surface area contributed by atoms with Crippen molar-refractivity contribution >= 4 is 0 Å². The number of rotatable bonds is 1. The van der Waals surface area contributed by atoms with Crippen LogP contribution in [-0.2, 0) is 4.74 Å². The van der Waals surface area contributed by atoms with Gasteiger partial charge in [0, 0.05) is 32.0 Å². The topological polar surface area (TPSA) is 12.5 Å². The van der Waals surface area contributed by atoms with Crippen LogP contribution < -0.4 is 0 Å². The Morgan fingerprint density at radius 3 is 2.33 bits per heavy atom. The second-order valence-electron chi connectivity index (χ2n) is 3.25. The van der Waals surface area contributed by atoms with Gasteiger partial charge in [-0.1, -0.05) is 0 Å². The molecule has 1 saturated carbocycles. The summed E-state index contributed by atoms with van der Waals surface area (Å²) in [5.41, 5.74) is 0. The summed E-state index contributed by atoms with van der Waals surface area (Å²) < 4.78 is 5.25. The molecule has 0 amide bonds. The Kier molecular flexibility index (Phi) is 1.08. The van der Waals surface area contributed by atoms with Crippen molar-refractivity contribution in [2.75, 3.05) is 27.2 Å². The van der Waals surface area contributed by atoms with Crippen molar-refractivity contribution in [3.05, 3.63) is 0 Å². The molecule has 1 aliphatic heterocycles. The van der Waals surface area contributed by atoms with Gasteiger partial charge in [0.05, 0.1) is 6.10 Å². The van der Waals surface area contributed by atoms with Crippen LogP contribution in [0.2, 0.25) is 0 Å². The van der Waals surface area contributed by atoms with E-state index in [2.05, 4.69) is 11.9 Å². The highest BCUT2D eigenvalue weighted by Crippen LogP contribution is 2.46. The van der Waals surface area contributed by atoms with E-state index in [-0.39, 0.29) is 0 Å². The lowest BCUT2D eigenvalue weighted by molar-refractivity contribution is 0.136. The second kappa shape index (κ2) is 1.70. The van der Waals surface area contributed by atoms with Crippen LogP contribution in [0.15, 0.2) is 0 Å². The molecule has 1 unspecified atom stereocenters. The molecule has 2 nitrogen and oxygen atoms in total. The zero-order chi connectivity index (χ0) is 6.43. The Morgan fingerprint density at radius 1 is 1.33 bits per heavy atom. The van der Waals surface area contributed by atoms with E-state index in [1.54, 1.807) is 0 Å². The third-order valence-corrected chi connectivity index (χ3v) is 2.57. The van der Waals surface area contributed by atoms with Crippen LogP contribution in [0.25, 0.3) is 0 Å². The third-order valence-electron chi connectivity index (χ3n) is 2.57. The summed E-state index contributed by atoms with van der Waals surface area (Å²) in [7, 11) is 4.00. The minimum atomic E-state index is 0.612. The van der Waals surface area contributed by atoms with Crippen molar-refractivity contribution in [2.45, 2.75) is 6.10 Å². The van der Waals surface area contributed by atoms with Gasteiger partial charge in [0.15, 0.2) is 0 Å². The van der Waals surface area contributed by atoms with E-state index in [1.165, 1.54) is 13.1 Å². The maximum absolute atomic E-state index is 5.25. The van der Waals surface area contributed by atoms with Crippen molar-refractivity contribution in [3.8, 4) is 0 Å². The van der Waals surface area contributed by atoms with E-state index in [1.807, 2.05) is 7.11 Å². The van der Waals surface area contributed by atoms with Crippen LogP contribution in [0.1, 0.15) is 0 Å². The summed E-state index contributed by atoms with van der Waals surface area (Å²) >= 11 is 0. The zero-order valence-electron chi connectivity index (χ0n) is 6.00. The fourth-order valence-electron chi connectivity index (χ4n) is 2.03. The predicted molar refractivity (Wildman–Crippen MR) is 35.3 cm³/mol. The van der Waals surface area contributed by atoms with Gasteiger partial charge < -0.3 is 9.64 Å². The van der Waals surface area contributed by atoms with Gasteiger partial charge in [-0.15, -0.1) is 0 Å². The van der Waals surface area contributed by atoms with Crippen LogP contribution in [-0.4, -0.2) is 38.3 Å². The Bertz CT molecular complexity index is 114. The molecule has 0 spiro atoms. The maximum atomic E-state index is 5.25. The number of ether oxygens (including phenoxy) is 1. The first-order valence-electron chi connectivity index (χ1n) is 3.54. The summed E-state index contributed by atoms with van der Waals surface area (Å²) in [5.74, 6) is 1.75. The summed E-state index contributed by atoms with van der Waals surface area (Å²) in [6, 6.07) is 0. The van der Waals surface area contributed by atoms with Gasteiger partial charge in [-0.2, -0.15) is 0 Å². The van der Waals surface area contributed by atoms with E-state index >= 15 is 0 Å². The lowest BCUT2D eigenvalue weighted by Gasteiger charge is -2.11. The quantitative estimate of drug-likeness (QED) is 0.498. The number of methoxy groups -OCH3 is 1. The Hall–Kier alpha value is -0.0800. The summed E-state index contributed by atoms with van der Waals surface area (Å²) in [6.45, 7) is 2.51. The molecule has 1 aliphatic carbocycles. The van der Waals surface area contributed by atoms with Crippen molar-refractivity contribution in [3.63, 3.8) is 0 Å². The van der Waals surface area contributed by atoms with Gasteiger partial charge in [-0.05, 0) is 7.05 Å². The van der Waals surface area contributed by atoms with Gasteiger partial charge in [0.25, 0.3) is 0 Å². The predicted octanol–water partition coefficient (Wildman–Crippen LogP) is 0.193. The smallest absolute Gasteiger partial charge is 0.0660 e. The van der Waals surface area contributed by atoms with Gasteiger partial charge in [0.1, 0.15) is 0 Å². The molecule has 2 rings (SSSR count). The van der Waals surface area contributed by atoms with Gasteiger partial charge in [-0.3, -0.25) is 0 Å². The molecule has 9 heavy (non-hydrogen) atoms. The van der Waals surface area contributed by atoms with Crippen molar-refractivity contribution < 1.29 is 4.74 Å². The van der Waals surface area contributed by atoms with E-state index in [0.717, 1.165) is 11.8 Å². The monoisotopic (exact) mass is 127 g/mol. The van der Waals surface area contributed by atoms with Crippen LogP contribution >= 0.6 is 0 Å². The number of hydrogen-bond acceptors (Lipinski definition) is 2. The first-order chi connectivity index (χ1) is 4.33. The fourth-order valence-corrected chi connectivity index (χ4v) is 2.03. The molecule has 0 aromatic carbocycles. The Labute approximate surface area is 55.8 Å². The summed E-state index contributed by atoms with van der Waals surface area (Å²) in [4.78, 5) is 2.38. The second-order valence-corrected chi connectivity index (χ2v) is 3.25. The van der Waals surface area contributed by atoms with E-state index in [4.69, 9.17) is 4.74 Å². The largest absolute Gasteiger partial charge is 0.381 e. The first-order valence-corrected chi connectivity index (χ1v) is 3.54.